The molecule has 194 valence electrons. The van der Waals surface area contributed by atoms with Gasteiger partial charge in [0.1, 0.15) is 0 Å². The zero-order valence-electron chi connectivity index (χ0n) is 23.1. The molecule has 0 N–H and O–H groups in total. The maximum absolute atomic E-state index is 5.17. The summed E-state index contributed by atoms with van der Waals surface area (Å²) in [5.41, 5.74) is 10.4. The van der Waals surface area contributed by atoms with Gasteiger partial charge in [0.05, 0.1) is 11.4 Å². The molecule has 1 aromatic heterocycles. The third-order valence-corrected chi connectivity index (χ3v) is 8.64. The second kappa shape index (κ2) is 8.97. The fourth-order valence-electron chi connectivity index (χ4n) is 6.58. The summed E-state index contributed by atoms with van der Waals surface area (Å²) in [6.45, 7) is 4.68. The van der Waals surface area contributed by atoms with Crippen LogP contribution in [0.5, 0.6) is 0 Å². The summed E-state index contributed by atoms with van der Waals surface area (Å²) in [7, 11) is 0. The average molecular weight is 525 g/mol. The van der Waals surface area contributed by atoms with E-state index < -0.39 is 0 Å². The second-order valence-corrected chi connectivity index (χ2v) is 11.5. The Balaban J connectivity index is 1.35. The van der Waals surface area contributed by atoms with Gasteiger partial charge in [0.2, 0.25) is 0 Å². The van der Waals surface area contributed by atoms with Crippen molar-refractivity contribution < 1.29 is 0 Å². The van der Waals surface area contributed by atoms with Crippen molar-refractivity contribution in [3.8, 4) is 45.0 Å². The van der Waals surface area contributed by atoms with Crippen molar-refractivity contribution >= 4 is 21.5 Å². The van der Waals surface area contributed by atoms with Crippen LogP contribution in [0.3, 0.4) is 0 Å². The molecule has 0 unspecified atom stereocenters. The Morgan fingerprint density at radius 3 is 1.98 bits per heavy atom. The van der Waals surface area contributed by atoms with Crippen LogP contribution in [-0.2, 0) is 5.41 Å². The lowest BCUT2D eigenvalue weighted by Crippen LogP contribution is -2.15. The van der Waals surface area contributed by atoms with Gasteiger partial charge in [-0.2, -0.15) is 0 Å². The van der Waals surface area contributed by atoms with E-state index in [9.17, 15) is 0 Å². The van der Waals surface area contributed by atoms with Gasteiger partial charge in [-0.1, -0.05) is 129 Å². The molecule has 2 heteroatoms. The zero-order chi connectivity index (χ0) is 27.6. The normalized spacial score (nSPS) is 13.3. The molecular formula is C39H28N2. The van der Waals surface area contributed by atoms with Gasteiger partial charge >= 0.3 is 0 Å². The van der Waals surface area contributed by atoms with Gasteiger partial charge < -0.3 is 0 Å². The molecule has 0 aliphatic heterocycles. The maximum atomic E-state index is 5.17. The fourth-order valence-corrected chi connectivity index (χ4v) is 6.58. The van der Waals surface area contributed by atoms with Gasteiger partial charge in [-0.25, -0.2) is 9.97 Å². The molecule has 6 aromatic carbocycles. The standard InChI is InChI=1S/C39H28N2/c1-39(2)34-15-9-8-14-31(34)32-21-20-26-17-19-30(23-33(26)37(32)39)38-40-35(27-11-4-3-5-12-27)24-36(41-38)29-18-16-25-10-6-7-13-28(25)22-29/h3-24H,1-2H3. The molecule has 0 spiro atoms. The third kappa shape index (κ3) is 3.79. The summed E-state index contributed by atoms with van der Waals surface area (Å²) in [6, 6.07) is 47.6. The number of hydrogen-bond acceptors (Lipinski definition) is 2. The van der Waals surface area contributed by atoms with E-state index in [2.05, 4.69) is 141 Å². The molecule has 1 aliphatic rings. The number of rotatable bonds is 3. The lowest BCUT2D eigenvalue weighted by Gasteiger charge is -2.23. The molecule has 8 rings (SSSR count). The van der Waals surface area contributed by atoms with Gasteiger partial charge in [-0.3, -0.25) is 0 Å². The van der Waals surface area contributed by atoms with Crippen molar-refractivity contribution in [2.24, 2.45) is 0 Å². The molecule has 0 saturated heterocycles. The maximum Gasteiger partial charge on any atom is 0.160 e. The molecule has 0 atom stereocenters. The van der Waals surface area contributed by atoms with E-state index in [4.69, 9.17) is 9.97 Å². The summed E-state index contributed by atoms with van der Waals surface area (Å²) < 4.78 is 0. The van der Waals surface area contributed by atoms with Crippen LogP contribution in [0.1, 0.15) is 25.0 Å². The van der Waals surface area contributed by atoms with Crippen LogP contribution in [0, 0.1) is 0 Å². The Kier molecular flexibility index (Phi) is 5.20. The van der Waals surface area contributed by atoms with Crippen molar-refractivity contribution in [2.75, 3.05) is 0 Å². The SMILES string of the molecule is CC1(C)c2ccccc2-c2ccc3ccc(-c4nc(-c5ccccc5)cc(-c5ccc6ccccc6c5)n4)cc3c21. The molecule has 0 radical (unpaired) electrons. The highest BCUT2D eigenvalue weighted by atomic mass is 14.9. The van der Waals surface area contributed by atoms with Crippen molar-refractivity contribution in [1.29, 1.82) is 0 Å². The Hall–Kier alpha value is -5.08. The van der Waals surface area contributed by atoms with E-state index in [1.807, 2.05) is 6.07 Å². The molecule has 2 nitrogen and oxygen atoms in total. The number of fused-ring (bicyclic) bond motifs is 6. The molecule has 0 saturated carbocycles. The summed E-state index contributed by atoms with van der Waals surface area (Å²) in [6.07, 6.45) is 0. The quantitative estimate of drug-likeness (QED) is 0.230. The molecule has 0 bridgehead atoms. The topological polar surface area (TPSA) is 25.8 Å². The van der Waals surface area contributed by atoms with E-state index in [0.717, 1.165) is 33.9 Å². The number of aromatic nitrogens is 2. The van der Waals surface area contributed by atoms with Gasteiger partial charge in [0.15, 0.2) is 5.82 Å². The first-order valence-corrected chi connectivity index (χ1v) is 14.2. The van der Waals surface area contributed by atoms with Crippen molar-refractivity contribution in [1.82, 2.24) is 9.97 Å². The molecule has 1 heterocycles. The van der Waals surface area contributed by atoms with Crippen LogP contribution in [0.15, 0.2) is 133 Å². The van der Waals surface area contributed by atoms with E-state index in [1.54, 1.807) is 0 Å². The van der Waals surface area contributed by atoms with Crippen LogP contribution in [0.25, 0.3) is 66.6 Å². The minimum atomic E-state index is -0.0902. The minimum absolute atomic E-state index is 0.0902. The Bertz CT molecular complexity index is 2120. The molecular weight excluding hydrogens is 496 g/mol. The largest absolute Gasteiger partial charge is 0.228 e. The van der Waals surface area contributed by atoms with Gasteiger partial charge in [-0.05, 0) is 62.0 Å². The van der Waals surface area contributed by atoms with Crippen molar-refractivity contribution in [2.45, 2.75) is 19.3 Å². The number of hydrogen-bond donors (Lipinski definition) is 0. The van der Waals surface area contributed by atoms with E-state index >= 15 is 0 Å². The van der Waals surface area contributed by atoms with Crippen LogP contribution >= 0.6 is 0 Å². The lowest BCUT2D eigenvalue weighted by molar-refractivity contribution is 0.666. The summed E-state index contributed by atoms with van der Waals surface area (Å²) in [5.74, 6) is 0.738. The van der Waals surface area contributed by atoms with Crippen molar-refractivity contribution in [3.05, 3.63) is 145 Å². The molecule has 1 aliphatic carbocycles. The highest BCUT2D eigenvalue weighted by molar-refractivity contribution is 5.99. The first kappa shape index (κ1) is 23.8. The zero-order valence-corrected chi connectivity index (χ0v) is 23.1. The molecule has 41 heavy (non-hydrogen) atoms. The first-order chi connectivity index (χ1) is 20.1. The minimum Gasteiger partial charge on any atom is -0.228 e. The monoisotopic (exact) mass is 524 g/mol. The summed E-state index contributed by atoms with van der Waals surface area (Å²) in [5, 5.41) is 4.93. The Morgan fingerprint density at radius 1 is 0.463 bits per heavy atom. The third-order valence-electron chi connectivity index (χ3n) is 8.64. The first-order valence-electron chi connectivity index (χ1n) is 14.2. The van der Waals surface area contributed by atoms with Crippen LogP contribution < -0.4 is 0 Å². The van der Waals surface area contributed by atoms with Crippen molar-refractivity contribution in [3.63, 3.8) is 0 Å². The van der Waals surface area contributed by atoms with Gasteiger partial charge in [-0.15, -0.1) is 0 Å². The Labute approximate surface area is 240 Å². The highest BCUT2D eigenvalue weighted by Crippen LogP contribution is 2.51. The highest BCUT2D eigenvalue weighted by Gasteiger charge is 2.36. The lowest BCUT2D eigenvalue weighted by atomic mass is 9.80. The van der Waals surface area contributed by atoms with Gasteiger partial charge in [0.25, 0.3) is 0 Å². The fraction of sp³-hybridized carbons (Fsp3) is 0.0769. The van der Waals surface area contributed by atoms with Gasteiger partial charge in [0, 0.05) is 22.1 Å². The molecule has 7 aromatic rings. The smallest absolute Gasteiger partial charge is 0.160 e. The second-order valence-electron chi connectivity index (χ2n) is 11.5. The summed E-state index contributed by atoms with van der Waals surface area (Å²) >= 11 is 0. The van der Waals surface area contributed by atoms with Crippen LogP contribution in [0.2, 0.25) is 0 Å². The predicted octanol–water partition coefficient (Wildman–Crippen LogP) is 10.1. The van der Waals surface area contributed by atoms with E-state index in [-0.39, 0.29) is 5.41 Å². The van der Waals surface area contributed by atoms with Crippen LogP contribution in [-0.4, -0.2) is 9.97 Å². The molecule has 0 amide bonds. The Morgan fingerprint density at radius 2 is 1.12 bits per heavy atom. The number of benzene rings is 6. The predicted molar refractivity (Wildman–Crippen MR) is 171 cm³/mol. The number of nitrogens with zero attached hydrogens (tertiary/aromatic N) is 2. The van der Waals surface area contributed by atoms with E-state index in [1.165, 1.54) is 43.8 Å². The molecule has 0 fully saturated rings. The summed E-state index contributed by atoms with van der Waals surface area (Å²) in [4.78, 5) is 10.3. The van der Waals surface area contributed by atoms with E-state index in [0.29, 0.717) is 0 Å². The average Bonchev–Trinajstić information content (AvgIpc) is 3.27. The van der Waals surface area contributed by atoms with Crippen LogP contribution in [0.4, 0.5) is 0 Å².